The Labute approximate surface area is 128 Å². The van der Waals surface area contributed by atoms with Gasteiger partial charge in [-0.2, -0.15) is 11.8 Å². The van der Waals surface area contributed by atoms with Crippen molar-refractivity contribution in [2.45, 2.75) is 19.2 Å². The van der Waals surface area contributed by atoms with E-state index in [1.165, 1.54) is 36.9 Å². The summed E-state index contributed by atoms with van der Waals surface area (Å²) in [6, 6.07) is 4.27. The zero-order chi connectivity index (χ0) is 15.6. The fraction of sp³-hybridized carbons (Fsp3) is 0.500. The maximum atomic E-state index is 14.3. The van der Waals surface area contributed by atoms with E-state index in [2.05, 4.69) is 0 Å². The molecule has 0 radical (unpaired) electrons. The molecule has 21 heavy (non-hydrogen) atoms. The van der Waals surface area contributed by atoms with E-state index in [1.807, 2.05) is 0 Å². The van der Waals surface area contributed by atoms with Crippen LogP contribution in [0.15, 0.2) is 18.2 Å². The van der Waals surface area contributed by atoms with Crippen molar-refractivity contribution in [3.63, 3.8) is 0 Å². The predicted octanol–water partition coefficient (Wildman–Crippen LogP) is 2.34. The first-order valence-electron chi connectivity index (χ1n) is 6.74. The van der Waals surface area contributed by atoms with Crippen LogP contribution < -0.4 is 4.90 Å². The molecule has 1 aromatic rings. The Bertz CT molecular complexity index is 646. The number of halogens is 1. The molecule has 0 saturated carbocycles. The average molecular weight is 331 g/mol. The summed E-state index contributed by atoms with van der Waals surface area (Å²) < 4.78 is 38.8. The van der Waals surface area contributed by atoms with Gasteiger partial charge in [-0.25, -0.2) is 12.8 Å². The molecule has 0 bridgehead atoms. The van der Waals surface area contributed by atoms with Crippen LogP contribution in [0.4, 0.5) is 10.1 Å². The number of benzene rings is 1. The minimum atomic E-state index is -3.35. The van der Waals surface area contributed by atoms with E-state index in [0.717, 1.165) is 0 Å². The lowest BCUT2D eigenvalue weighted by atomic mass is 10.1. The number of hydrogen-bond acceptors (Lipinski definition) is 5. The minimum absolute atomic E-state index is 0.00140. The van der Waals surface area contributed by atoms with Crippen LogP contribution in [0.2, 0.25) is 0 Å². The lowest BCUT2D eigenvalue weighted by Gasteiger charge is -2.37. The van der Waals surface area contributed by atoms with Crippen molar-refractivity contribution in [2.75, 3.05) is 28.7 Å². The third-order valence-electron chi connectivity index (χ3n) is 3.55. The number of rotatable bonds is 4. The van der Waals surface area contributed by atoms with Crippen LogP contribution in [0.5, 0.6) is 0 Å². The molecule has 116 valence electrons. The second kappa shape index (κ2) is 6.36. The van der Waals surface area contributed by atoms with Crippen molar-refractivity contribution < 1.29 is 17.6 Å². The van der Waals surface area contributed by atoms with Crippen molar-refractivity contribution in [1.82, 2.24) is 0 Å². The topological polar surface area (TPSA) is 54.5 Å². The zero-order valence-corrected chi connectivity index (χ0v) is 13.6. The van der Waals surface area contributed by atoms with Gasteiger partial charge < -0.3 is 4.90 Å². The van der Waals surface area contributed by atoms with Crippen LogP contribution in [0.1, 0.15) is 24.2 Å². The van der Waals surface area contributed by atoms with Crippen LogP contribution in [-0.2, 0) is 9.84 Å². The molecule has 0 aromatic heterocycles. The molecule has 1 fully saturated rings. The highest BCUT2D eigenvalue weighted by Crippen LogP contribution is 2.32. The van der Waals surface area contributed by atoms with E-state index in [-0.39, 0.29) is 22.8 Å². The molecule has 1 aromatic carbocycles. The quantitative estimate of drug-likeness (QED) is 0.793. The lowest BCUT2D eigenvalue weighted by molar-refractivity contribution is 0.101. The van der Waals surface area contributed by atoms with Crippen molar-refractivity contribution in [3.05, 3.63) is 29.6 Å². The molecule has 0 amide bonds. The third kappa shape index (κ3) is 3.23. The van der Waals surface area contributed by atoms with Crippen LogP contribution >= 0.6 is 11.8 Å². The number of carbonyl (C=O) groups is 1. The number of hydrogen-bond donors (Lipinski definition) is 0. The Morgan fingerprint density at radius 2 is 2.19 bits per heavy atom. The first kappa shape index (κ1) is 16.3. The summed E-state index contributed by atoms with van der Waals surface area (Å²) in [6.45, 7) is 3.36. The third-order valence-corrected chi connectivity index (χ3v) is 6.84. The monoisotopic (exact) mass is 331 g/mol. The van der Waals surface area contributed by atoms with E-state index in [1.54, 1.807) is 11.8 Å². The van der Waals surface area contributed by atoms with E-state index in [0.29, 0.717) is 18.1 Å². The van der Waals surface area contributed by atoms with Gasteiger partial charge >= 0.3 is 0 Å². The molecular weight excluding hydrogens is 313 g/mol. The Balaban J connectivity index is 2.55. The molecule has 1 aliphatic rings. The lowest BCUT2D eigenvalue weighted by Crippen LogP contribution is -2.48. The number of ketones is 1. The normalized spacial score (nSPS) is 19.6. The molecule has 1 saturated heterocycles. The number of thioether (sulfide) groups is 1. The molecular formula is C14H18FNO3S2. The Hall–Kier alpha value is -1.08. The highest BCUT2D eigenvalue weighted by molar-refractivity contribution is 8.01. The fourth-order valence-corrected chi connectivity index (χ4v) is 5.39. The van der Waals surface area contributed by atoms with E-state index < -0.39 is 21.0 Å². The van der Waals surface area contributed by atoms with Crippen molar-refractivity contribution >= 4 is 33.1 Å². The molecule has 1 heterocycles. The molecule has 1 aliphatic heterocycles. The average Bonchev–Trinajstić information content (AvgIpc) is 2.47. The molecule has 1 atom stereocenters. The Morgan fingerprint density at radius 3 is 2.81 bits per heavy atom. The fourth-order valence-electron chi connectivity index (χ4n) is 2.42. The number of Topliss-reactive ketones (excluding diaryl/α,β-unsaturated/α-hetero) is 1. The summed E-state index contributed by atoms with van der Waals surface area (Å²) in [5, 5.41) is -0.781. The highest BCUT2D eigenvalue weighted by Gasteiger charge is 2.35. The summed E-state index contributed by atoms with van der Waals surface area (Å²) in [7, 11) is -3.35. The van der Waals surface area contributed by atoms with Gasteiger partial charge in [0.1, 0.15) is 11.2 Å². The van der Waals surface area contributed by atoms with Gasteiger partial charge in [0.05, 0.1) is 5.69 Å². The van der Waals surface area contributed by atoms with Gasteiger partial charge in [-0.1, -0.05) is 13.0 Å². The second-order valence-electron chi connectivity index (χ2n) is 4.87. The van der Waals surface area contributed by atoms with E-state index >= 15 is 0 Å². The maximum absolute atomic E-state index is 14.3. The number of sulfone groups is 1. The summed E-state index contributed by atoms with van der Waals surface area (Å²) >= 11 is 1.54. The second-order valence-corrected chi connectivity index (χ2v) is 8.46. The molecule has 4 nitrogen and oxygen atoms in total. The number of anilines is 1. The summed E-state index contributed by atoms with van der Waals surface area (Å²) in [5.41, 5.74) is 0.352. The van der Waals surface area contributed by atoms with Gasteiger partial charge in [0.2, 0.25) is 0 Å². The number of nitrogens with zero attached hydrogens (tertiary/aromatic N) is 1. The number of carbonyl (C=O) groups excluding carboxylic acids is 1. The summed E-state index contributed by atoms with van der Waals surface area (Å²) in [4.78, 5) is 13.3. The summed E-state index contributed by atoms with van der Waals surface area (Å²) in [5.74, 6) is 0.281. The van der Waals surface area contributed by atoms with Gasteiger partial charge in [-0.15, -0.1) is 0 Å². The SMILES string of the molecule is CCS(=O)(=O)C1CSCCN1c1c(F)cccc1C(C)=O. The minimum Gasteiger partial charge on any atom is -0.350 e. The van der Waals surface area contributed by atoms with Gasteiger partial charge in [0.25, 0.3) is 0 Å². The van der Waals surface area contributed by atoms with Gasteiger partial charge in [0, 0.05) is 29.4 Å². The van der Waals surface area contributed by atoms with Gasteiger partial charge in [0.15, 0.2) is 15.6 Å². The summed E-state index contributed by atoms with van der Waals surface area (Å²) in [6.07, 6.45) is 0. The molecule has 7 heteroatoms. The number of para-hydroxylation sites is 1. The smallest absolute Gasteiger partial charge is 0.171 e. The Morgan fingerprint density at radius 1 is 1.48 bits per heavy atom. The molecule has 0 aliphatic carbocycles. The first-order valence-corrected chi connectivity index (χ1v) is 9.61. The maximum Gasteiger partial charge on any atom is 0.171 e. The standard InChI is InChI=1S/C14H18FNO3S2/c1-3-21(18,19)13-9-20-8-7-16(13)14-11(10(2)17)5-4-6-12(14)15/h4-6,13H,3,7-9H2,1-2H3. The van der Waals surface area contributed by atoms with E-state index in [4.69, 9.17) is 0 Å². The van der Waals surface area contributed by atoms with Crippen molar-refractivity contribution in [2.24, 2.45) is 0 Å². The van der Waals surface area contributed by atoms with Gasteiger partial charge in [-0.3, -0.25) is 4.79 Å². The van der Waals surface area contributed by atoms with E-state index in [9.17, 15) is 17.6 Å². The Kier molecular flexibility index (Phi) is 4.93. The van der Waals surface area contributed by atoms with Gasteiger partial charge in [-0.05, 0) is 19.1 Å². The van der Waals surface area contributed by atoms with Crippen molar-refractivity contribution in [3.8, 4) is 0 Å². The highest BCUT2D eigenvalue weighted by atomic mass is 32.2. The van der Waals surface area contributed by atoms with Crippen LogP contribution in [0, 0.1) is 5.82 Å². The first-order chi connectivity index (χ1) is 9.88. The van der Waals surface area contributed by atoms with Crippen LogP contribution in [0.25, 0.3) is 0 Å². The molecule has 2 rings (SSSR count). The van der Waals surface area contributed by atoms with Crippen molar-refractivity contribution in [1.29, 1.82) is 0 Å². The predicted molar refractivity (Wildman–Crippen MR) is 84.3 cm³/mol. The zero-order valence-electron chi connectivity index (χ0n) is 12.0. The molecule has 0 spiro atoms. The van der Waals surface area contributed by atoms with Crippen LogP contribution in [0.3, 0.4) is 0 Å². The largest absolute Gasteiger partial charge is 0.350 e. The van der Waals surface area contributed by atoms with Crippen LogP contribution in [-0.4, -0.2) is 43.4 Å². The molecule has 1 unspecified atom stereocenters. The molecule has 0 N–H and O–H groups in total.